The van der Waals surface area contributed by atoms with Gasteiger partial charge < -0.3 is 10.6 Å². The lowest BCUT2D eigenvalue weighted by atomic mass is 9.77. The van der Waals surface area contributed by atoms with E-state index in [1.54, 1.807) is 0 Å². The Bertz CT molecular complexity index is 828. The summed E-state index contributed by atoms with van der Waals surface area (Å²) in [5.41, 5.74) is 3.08. The number of anilines is 1. The number of rotatable bonds is 4. The molecule has 142 valence electrons. The highest BCUT2D eigenvalue weighted by molar-refractivity contribution is 8.15. The molecule has 1 heterocycles. The van der Waals surface area contributed by atoms with Gasteiger partial charge in [-0.05, 0) is 43.4 Å². The van der Waals surface area contributed by atoms with Gasteiger partial charge in [0.2, 0.25) is 11.8 Å². The SMILES string of the molecule is CC1=C/C(=N/N=C2\NC(=O)[C@H](CC(=O)Nc3ccccc3)S2)CC(C)(C)C1. The minimum Gasteiger partial charge on any atom is -0.326 e. The van der Waals surface area contributed by atoms with Gasteiger partial charge >= 0.3 is 0 Å². The first-order valence-corrected chi connectivity index (χ1v) is 9.83. The third-order valence-corrected chi connectivity index (χ3v) is 5.38. The van der Waals surface area contributed by atoms with Gasteiger partial charge in [0, 0.05) is 12.1 Å². The van der Waals surface area contributed by atoms with Gasteiger partial charge in [0.05, 0.1) is 5.71 Å². The number of nitrogens with zero attached hydrogens (tertiary/aromatic N) is 2. The van der Waals surface area contributed by atoms with Crippen LogP contribution in [0.1, 0.15) is 40.0 Å². The van der Waals surface area contributed by atoms with Gasteiger partial charge in [0.15, 0.2) is 5.17 Å². The van der Waals surface area contributed by atoms with Gasteiger partial charge in [0.1, 0.15) is 5.25 Å². The third kappa shape index (κ3) is 5.53. The summed E-state index contributed by atoms with van der Waals surface area (Å²) in [5.74, 6) is -0.410. The molecule has 2 amide bonds. The van der Waals surface area contributed by atoms with Crippen molar-refractivity contribution in [1.82, 2.24) is 5.32 Å². The smallest absolute Gasteiger partial charge is 0.240 e. The quantitative estimate of drug-likeness (QED) is 0.776. The summed E-state index contributed by atoms with van der Waals surface area (Å²) < 4.78 is 0. The molecule has 2 aliphatic rings. The van der Waals surface area contributed by atoms with E-state index in [1.807, 2.05) is 30.3 Å². The van der Waals surface area contributed by atoms with Crippen LogP contribution in [0.25, 0.3) is 0 Å². The van der Waals surface area contributed by atoms with Gasteiger partial charge in [-0.2, -0.15) is 5.10 Å². The molecule has 1 aromatic carbocycles. The Labute approximate surface area is 163 Å². The zero-order valence-corrected chi connectivity index (χ0v) is 16.6. The Morgan fingerprint density at radius 1 is 1.26 bits per heavy atom. The van der Waals surface area contributed by atoms with E-state index in [0.717, 1.165) is 18.6 Å². The van der Waals surface area contributed by atoms with Crippen molar-refractivity contribution >= 4 is 40.1 Å². The second-order valence-electron chi connectivity index (χ2n) is 7.72. The molecule has 0 unspecified atom stereocenters. The van der Waals surface area contributed by atoms with E-state index < -0.39 is 5.25 Å². The Morgan fingerprint density at radius 3 is 2.70 bits per heavy atom. The number of hydrogen-bond acceptors (Lipinski definition) is 5. The number of thioether (sulfide) groups is 1. The Morgan fingerprint density at radius 2 is 2.00 bits per heavy atom. The van der Waals surface area contributed by atoms with Crippen molar-refractivity contribution in [1.29, 1.82) is 0 Å². The van der Waals surface area contributed by atoms with Crippen molar-refractivity contribution in [2.24, 2.45) is 15.6 Å². The number of amides is 2. The fourth-order valence-electron chi connectivity index (χ4n) is 3.36. The monoisotopic (exact) mass is 384 g/mol. The lowest BCUT2D eigenvalue weighted by Gasteiger charge is -2.28. The molecule has 0 aromatic heterocycles. The average Bonchev–Trinajstić information content (AvgIpc) is 2.92. The summed E-state index contributed by atoms with van der Waals surface area (Å²) in [4.78, 5) is 24.3. The molecule has 7 heteroatoms. The molecule has 1 atom stereocenters. The maximum Gasteiger partial charge on any atom is 0.240 e. The highest BCUT2D eigenvalue weighted by Crippen LogP contribution is 2.34. The van der Waals surface area contributed by atoms with Crippen molar-refractivity contribution in [3.63, 3.8) is 0 Å². The normalized spacial score (nSPS) is 24.6. The van der Waals surface area contributed by atoms with Gasteiger partial charge in [0.25, 0.3) is 0 Å². The zero-order valence-electron chi connectivity index (χ0n) is 15.8. The molecule has 2 N–H and O–H groups in total. The summed E-state index contributed by atoms with van der Waals surface area (Å²) in [6.07, 6.45) is 4.05. The van der Waals surface area contributed by atoms with Crippen LogP contribution in [-0.4, -0.2) is 27.9 Å². The molecule has 1 saturated heterocycles. The Balaban J connectivity index is 1.60. The van der Waals surface area contributed by atoms with Crippen LogP contribution in [0.15, 0.2) is 52.2 Å². The van der Waals surface area contributed by atoms with Crippen LogP contribution in [-0.2, 0) is 9.59 Å². The van der Waals surface area contributed by atoms with E-state index in [9.17, 15) is 9.59 Å². The number of allylic oxidation sites excluding steroid dienone is 2. The summed E-state index contributed by atoms with van der Waals surface area (Å²) in [7, 11) is 0. The lowest BCUT2D eigenvalue weighted by Crippen LogP contribution is -2.28. The first-order valence-electron chi connectivity index (χ1n) is 8.95. The Hall–Kier alpha value is -2.41. The number of carbonyl (C=O) groups excluding carboxylic acids is 2. The van der Waals surface area contributed by atoms with Crippen LogP contribution >= 0.6 is 11.8 Å². The van der Waals surface area contributed by atoms with Crippen LogP contribution in [0.4, 0.5) is 5.69 Å². The zero-order chi connectivity index (χ0) is 19.4. The van der Waals surface area contributed by atoms with Crippen molar-refractivity contribution in [3.8, 4) is 0 Å². The number of para-hydroxylation sites is 1. The second-order valence-corrected chi connectivity index (χ2v) is 8.91. The minimum atomic E-state index is -0.493. The molecule has 0 bridgehead atoms. The van der Waals surface area contributed by atoms with Crippen molar-refractivity contribution < 1.29 is 9.59 Å². The fraction of sp³-hybridized carbons (Fsp3) is 0.400. The van der Waals surface area contributed by atoms with Gasteiger partial charge in [-0.15, -0.1) is 5.10 Å². The second kappa shape index (κ2) is 8.08. The molecular formula is C20H24N4O2S. The highest BCUT2D eigenvalue weighted by atomic mass is 32.2. The molecule has 27 heavy (non-hydrogen) atoms. The molecule has 1 aromatic rings. The Kier molecular flexibility index (Phi) is 5.79. The molecule has 0 saturated carbocycles. The van der Waals surface area contributed by atoms with Gasteiger partial charge in [-0.25, -0.2) is 0 Å². The van der Waals surface area contributed by atoms with Crippen LogP contribution < -0.4 is 10.6 Å². The van der Waals surface area contributed by atoms with Crippen molar-refractivity contribution in [3.05, 3.63) is 42.0 Å². The molecule has 0 radical (unpaired) electrons. The van der Waals surface area contributed by atoms with Crippen LogP contribution in [0.5, 0.6) is 0 Å². The molecule has 1 aliphatic heterocycles. The molecular weight excluding hydrogens is 360 g/mol. The summed E-state index contributed by atoms with van der Waals surface area (Å²) in [5, 5.41) is 14.0. The number of hydrogen-bond donors (Lipinski definition) is 2. The van der Waals surface area contributed by atoms with Crippen molar-refractivity contribution in [2.45, 2.75) is 45.3 Å². The van der Waals surface area contributed by atoms with Crippen LogP contribution in [0.2, 0.25) is 0 Å². The summed E-state index contributed by atoms with van der Waals surface area (Å²) in [6, 6.07) is 9.19. The number of amidine groups is 1. The lowest BCUT2D eigenvalue weighted by molar-refractivity contribution is -0.122. The standard InChI is InChI=1S/C20H24N4O2S/c1-13-9-15(12-20(2,3)11-13)23-24-19-22-18(26)16(27-19)10-17(25)21-14-7-5-4-6-8-14/h4-9,16H,10-12H2,1-3H3,(H,21,25)(H,22,24,26)/b23-15-/t16-/m0/s1. The molecule has 1 aliphatic carbocycles. The van der Waals surface area contributed by atoms with Crippen LogP contribution in [0, 0.1) is 5.41 Å². The largest absolute Gasteiger partial charge is 0.326 e. The van der Waals surface area contributed by atoms with Gasteiger partial charge in [-0.1, -0.05) is 49.4 Å². The maximum absolute atomic E-state index is 12.2. The van der Waals surface area contributed by atoms with E-state index in [-0.39, 0.29) is 23.7 Å². The van der Waals surface area contributed by atoms with E-state index in [0.29, 0.717) is 10.9 Å². The van der Waals surface area contributed by atoms with E-state index in [2.05, 4.69) is 47.7 Å². The van der Waals surface area contributed by atoms with E-state index in [4.69, 9.17) is 0 Å². The van der Waals surface area contributed by atoms with E-state index >= 15 is 0 Å². The molecule has 3 rings (SSSR count). The molecule has 1 fully saturated rings. The first kappa shape index (κ1) is 19.4. The fourth-order valence-corrected chi connectivity index (χ4v) is 4.27. The van der Waals surface area contributed by atoms with E-state index in [1.165, 1.54) is 17.3 Å². The number of benzene rings is 1. The highest BCUT2D eigenvalue weighted by Gasteiger charge is 2.32. The predicted molar refractivity (Wildman–Crippen MR) is 111 cm³/mol. The topological polar surface area (TPSA) is 82.9 Å². The van der Waals surface area contributed by atoms with Gasteiger partial charge in [-0.3, -0.25) is 9.59 Å². The number of nitrogens with one attached hydrogen (secondary N) is 2. The summed E-state index contributed by atoms with van der Waals surface area (Å²) >= 11 is 1.25. The number of carbonyl (C=O) groups is 2. The third-order valence-electron chi connectivity index (χ3n) is 4.30. The molecule has 6 nitrogen and oxygen atoms in total. The molecule has 0 spiro atoms. The maximum atomic E-state index is 12.2. The minimum absolute atomic E-state index is 0.0903. The average molecular weight is 385 g/mol. The predicted octanol–water partition coefficient (Wildman–Crippen LogP) is 3.73. The van der Waals surface area contributed by atoms with Crippen LogP contribution in [0.3, 0.4) is 0 Å². The first-order chi connectivity index (χ1) is 12.8. The van der Waals surface area contributed by atoms with Crippen molar-refractivity contribution in [2.75, 3.05) is 5.32 Å². The summed E-state index contributed by atoms with van der Waals surface area (Å²) in [6.45, 7) is 6.51.